The Morgan fingerprint density at radius 2 is 1.95 bits per heavy atom. The number of fused-ring (bicyclic) bond motifs is 1. The number of imidazole rings is 1. The van der Waals surface area contributed by atoms with Crippen LogP contribution in [-0.4, -0.2) is 15.0 Å². The van der Waals surface area contributed by atoms with Crippen LogP contribution in [0.2, 0.25) is 0 Å². The van der Waals surface area contributed by atoms with Gasteiger partial charge in [0.25, 0.3) is 0 Å². The van der Waals surface area contributed by atoms with Crippen molar-refractivity contribution in [3.63, 3.8) is 0 Å². The molecule has 0 aliphatic rings. The molecule has 0 saturated carbocycles. The molecule has 0 radical (unpaired) electrons. The number of hydrogen-bond acceptors (Lipinski definition) is 3. The van der Waals surface area contributed by atoms with Crippen molar-refractivity contribution in [1.82, 2.24) is 15.0 Å². The van der Waals surface area contributed by atoms with Crippen molar-refractivity contribution in [3.8, 4) is 11.3 Å². The molecule has 0 fully saturated rings. The van der Waals surface area contributed by atoms with E-state index in [2.05, 4.69) is 47.9 Å². The van der Waals surface area contributed by atoms with E-state index in [1.807, 2.05) is 13.1 Å². The topological polar surface area (TPSA) is 54.7 Å². The molecule has 4 heteroatoms. The predicted molar refractivity (Wildman–Crippen MR) is 75.0 cm³/mol. The van der Waals surface area contributed by atoms with Crippen LogP contribution in [0, 0.1) is 6.92 Å². The Balaban J connectivity index is 2.27. The Labute approximate surface area is 111 Å². The van der Waals surface area contributed by atoms with E-state index in [1.54, 1.807) is 0 Å². The predicted octanol–water partition coefficient (Wildman–Crippen LogP) is 3.82. The second-order valence-corrected chi connectivity index (χ2v) is 5.82. The van der Waals surface area contributed by atoms with Crippen molar-refractivity contribution >= 4 is 11.1 Å². The fourth-order valence-electron chi connectivity index (χ4n) is 2.32. The minimum atomic E-state index is 0.0280. The van der Waals surface area contributed by atoms with Crippen LogP contribution in [0.25, 0.3) is 22.4 Å². The number of H-pyrrole nitrogens is 1. The highest BCUT2D eigenvalue weighted by Gasteiger charge is 2.21. The normalized spacial score (nSPS) is 12.2. The number of aromatic amines is 1. The zero-order chi connectivity index (χ0) is 13.6. The molecule has 0 amide bonds. The zero-order valence-corrected chi connectivity index (χ0v) is 11.6. The summed E-state index contributed by atoms with van der Waals surface area (Å²) in [5.41, 5.74) is 4.93. The maximum absolute atomic E-state index is 5.60. The number of hydrogen-bond donors (Lipinski definition) is 1. The highest BCUT2D eigenvalue weighted by atomic mass is 16.3. The van der Waals surface area contributed by atoms with Gasteiger partial charge in [-0.25, -0.2) is 9.97 Å². The van der Waals surface area contributed by atoms with Crippen LogP contribution in [0.4, 0.5) is 0 Å². The summed E-state index contributed by atoms with van der Waals surface area (Å²) < 4.78 is 5.60. The lowest BCUT2D eigenvalue weighted by atomic mass is 9.85. The van der Waals surface area contributed by atoms with E-state index >= 15 is 0 Å². The number of nitrogens with one attached hydrogen (secondary N) is 1. The molecule has 0 spiro atoms. The van der Waals surface area contributed by atoms with Crippen molar-refractivity contribution in [3.05, 3.63) is 36.1 Å². The third-order valence-corrected chi connectivity index (χ3v) is 3.28. The van der Waals surface area contributed by atoms with Gasteiger partial charge in [-0.1, -0.05) is 32.9 Å². The first kappa shape index (κ1) is 12.0. The van der Waals surface area contributed by atoms with E-state index in [9.17, 15) is 0 Å². The minimum absolute atomic E-state index is 0.0280. The van der Waals surface area contributed by atoms with Gasteiger partial charge in [-0.05, 0) is 12.3 Å². The molecule has 2 heterocycles. The third-order valence-electron chi connectivity index (χ3n) is 3.28. The number of aromatic nitrogens is 3. The van der Waals surface area contributed by atoms with Crippen LogP contribution in [0.5, 0.6) is 0 Å². The van der Waals surface area contributed by atoms with Gasteiger partial charge in [-0.2, -0.15) is 0 Å². The Kier molecular flexibility index (Phi) is 2.49. The molecule has 98 valence electrons. The molecule has 2 aromatic heterocycles. The molecular weight excluding hydrogens is 238 g/mol. The first-order chi connectivity index (χ1) is 8.97. The van der Waals surface area contributed by atoms with E-state index in [1.165, 1.54) is 12.0 Å². The van der Waals surface area contributed by atoms with Crippen molar-refractivity contribution in [2.75, 3.05) is 0 Å². The maximum Gasteiger partial charge on any atom is 0.182 e. The molecule has 1 aromatic carbocycles. The molecule has 3 aromatic rings. The summed E-state index contributed by atoms with van der Waals surface area (Å²) in [5.74, 6) is 0.895. The second-order valence-electron chi connectivity index (χ2n) is 5.82. The third kappa shape index (κ3) is 1.93. The van der Waals surface area contributed by atoms with Crippen molar-refractivity contribution in [2.45, 2.75) is 33.1 Å². The molecule has 0 saturated heterocycles. The number of oxazole rings is 1. The molecule has 0 atom stereocenters. The molecule has 19 heavy (non-hydrogen) atoms. The van der Waals surface area contributed by atoms with Gasteiger partial charge < -0.3 is 9.40 Å². The number of benzene rings is 1. The Bertz CT molecular complexity index is 731. The zero-order valence-electron chi connectivity index (χ0n) is 11.6. The molecule has 0 bridgehead atoms. The summed E-state index contributed by atoms with van der Waals surface area (Å²) >= 11 is 0. The van der Waals surface area contributed by atoms with Crippen molar-refractivity contribution in [2.24, 2.45) is 0 Å². The van der Waals surface area contributed by atoms with Gasteiger partial charge in [0.05, 0.1) is 11.9 Å². The highest BCUT2D eigenvalue weighted by molar-refractivity contribution is 5.91. The van der Waals surface area contributed by atoms with Gasteiger partial charge in [0.1, 0.15) is 11.3 Å². The molecular formula is C15H17N3O. The molecule has 1 N–H and O–H groups in total. The Morgan fingerprint density at radius 1 is 1.16 bits per heavy atom. The van der Waals surface area contributed by atoms with Gasteiger partial charge in [0.15, 0.2) is 12.0 Å². The lowest BCUT2D eigenvalue weighted by Crippen LogP contribution is -2.11. The summed E-state index contributed by atoms with van der Waals surface area (Å²) in [6.07, 6.45) is 3.34. The van der Waals surface area contributed by atoms with Crippen LogP contribution in [0.15, 0.2) is 29.1 Å². The van der Waals surface area contributed by atoms with Gasteiger partial charge in [0.2, 0.25) is 0 Å². The molecule has 4 nitrogen and oxygen atoms in total. The van der Waals surface area contributed by atoms with E-state index in [4.69, 9.17) is 4.42 Å². The van der Waals surface area contributed by atoms with Gasteiger partial charge in [-0.15, -0.1) is 0 Å². The van der Waals surface area contributed by atoms with Gasteiger partial charge >= 0.3 is 0 Å². The van der Waals surface area contributed by atoms with Crippen LogP contribution in [0.3, 0.4) is 0 Å². The van der Waals surface area contributed by atoms with Crippen LogP contribution in [-0.2, 0) is 5.41 Å². The van der Waals surface area contributed by atoms with Gasteiger partial charge in [0, 0.05) is 11.1 Å². The smallest absolute Gasteiger partial charge is 0.182 e. The Hall–Kier alpha value is -2.10. The summed E-state index contributed by atoms with van der Waals surface area (Å²) in [7, 11) is 0. The lowest BCUT2D eigenvalue weighted by Gasteiger charge is -2.19. The average Bonchev–Trinajstić information content (AvgIpc) is 2.94. The summed E-state index contributed by atoms with van der Waals surface area (Å²) in [4.78, 5) is 11.8. The fourth-order valence-corrected chi connectivity index (χ4v) is 2.32. The summed E-state index contributed by atoms with van der Waals surface area (Å²) in [5, 5.41) is 0. The molecule has 0 unspecified atom stereocenters. The standard InChI is InChI=1S/C15H17N3O/c1-9-16-7-12(18-9)10-5-6-11(15(2,3)4)14-13(10)17-8-19-14/h5-8H,1-4H3,(H,16,18). The van der Waals surface area contributed by atoms with Crippen LogP contribution in [0.1, 0.15) is 32.2 Å². The van der Waals surface area contributed by atoms with E-state index in [-0.39, 0.29) is 5.41 Å². The largest absolute Gasteiger partial charge is 0.443 e. The number of aryl methyl sites for hydroxylation is 1. The summed E-state index contributed by atoms with van der Waals surface area (Å²) in [6, 6.07) is 4.19. The lowest BCUT2D eigenvalue weighted by molar-refractivity contribution is 0.554. The molecule has 0 aliphatic heterocycles. The summed E-state index contributed by atoms with van der Waals surface area (Å²) in [6.45, 7) is 8.45. The van der Waals surface area contributed by atoms with E-state index in [0.717, 1.165) is 28.2 Å². The van der Waals surface area contributed by atoms with Crippen molar-refractivity contribution in [1.29, 1.82) is 0 Å². The SMILES string of the molecule is Cc1ncc(-c2ccc(C(C)(C)C)c3ocnc23)[nH]1. The quantitative estimate of drug-likeness (QED) is 0.719. The molecule has 0 aliphatic carbocycles. The first-order valence-corrected chi connectivity index (χ1v) is 6.35. The second kappa shape index (κ2) is 3.95. The number of rotatable bonds is 1. The average molecular weight is 255 g/mol. The van der Waals surface area contributed by atoms with Gasteiger partial charge in [-0.3, -0.25) is 0 Å². The minimum Gasteiger partial charge on any atom is -0.443 e. The number of nitrogens with zero attached hydrogens (tertiary/aromatic N) is 2. The maximum atomic E-state index is 5.60. The monoisotopic (exact) mass is 255 g/mol. The molecule has 3 rings (SSSR count). The fraction of sp³-hybridized carbons (Fsp3) is 0.333. The van der Waals surface area contributed by atoms with E-state index in [0.29, 0.717) is 0 Å². The van der Waals surface area contributed by atoms with Crippen molar-refractivity contribution < 1.29 is 4.42 Å². The van der Waals surface area contributed by atoms with E-state index < -0.39 is 0 Å². The first-order valence-electron chi connectivity index (χ1n) is 6.35. The highest BCUT2D eigenvalue weighted by Crippen LogP contribution is 2.34. The van der Waals surface area contributed by atoms with Crippen LogP contribution >= 0.6 is 0 Å². The Morgan fingerprint density at radius 3 is 2.58 bits per heavy atom. The van der Waals surface area contributed by atoms with Crippen LogP contribution < -0.4 is 0 Å².